The number of aromatic nitrogens is 2. The number of fused-ring (bicyclic) bond motifs is 2. The van der Waals surface area contributed by atoms with E-state index >= 15 is 0 Å². The Kier molecular flexibility index (Phi) is 4.91. The fourth-order valence-electron chi connectivity index (χ4n) is 3.53. The standard InChI is InChI=1S/C22H22N2O3S/c1-12-6-16-20(23-10-14(11-25-3)21(16)27-5)17(7-12)22-24-19-13(2)8-15(26-4)9-18(19)28-22/h6-10H,11H2,1-5H3. The van der Waals surface area contributed by atoms with Crippen LogP contribution in [0.2, 0.25) is 0 Å². The second kappa shape index (κ2) is 7.37. The average molecular weight is 394 g/mol. The zero-order valence-electron chi connectivity index (χ0n) is 16.6. The number of hydrogen-bond donors (Lipinski definition) is 0. The maximum Gasteiger partial charge on any atom is 0.135 e. The van der Waals surface area contributed by atoms with Crippen molar-refractivity contribution in [1.29, 1.82) is 0 Å². The first-order valence-corrected chi connectivity index (χ1v) is 9.78. The monoisotopic (exact) mass is 394 g/mol. The summed E-state index contributed by atoms with van der Waals surface area (Å²) in [5, 5.41) is 1.91. The van der Waals surface area contributed by atoms with Crippen LogP contribution in [0, 0.1) is 13.8 Å². The molecule has 0 amide bonds. The van der Waals surface area contributed by atoms with E-state index in [9.17, 15) is 0 Å². The second-order valence-electron chi connectivity index (χ2n) is 6.77. The average Bonchev–Trinajstić information content (AvgIpc) is 3.12. The maximum atomic E-state index is 5.71. The predicted molar refractivity (Wildman–Crippen MR) is 114 cm³/mol. The largest absolute Gasteiger partial charge is 0.497 e. The molecular weight excluding hydrogens is 372 g/mol. The van der Waals surface area contributed by atoms with E-state index in [-0.39, 0.29) is 0 Å². The molecule has 0 spiro atoms. The van der Waals surface area contributed by atoms with Gasteiger partial charge in [0, 0.05) is 29.8 Å². The number of benzene rings is 2. The number of thiazole rings is 1. The Balaban J connectivity index is 1.98. The van der Waals surface area contributed by atoms with Gasteiger partial charge < -0.3 is 14.2 Å². The van der Waals surface area contributed by atoms with Crippen LogP contribution in [0.5, 0.6) is 11.5 Å². The van der Waals surface area contributed by atoms with E-state index < -0.39 is 0 Å². The van der Waals surface area contributed by atoms with Crippen LogP contribution in [0.3, 0.4) is 0 Å². The van der Waals surface area contributed by atoms with Gasteiger partial charge in [-0.1, -0.05) is 0 Å². The summed E-state index contributed by atoms with van der Waals surface area (Å²) >= 11 is 1.65. The van der Waals surface area contributed by atoms with Gasteiger partial charge in [-0.25, -0.2) is 4.98 Å². The van der Waals surface area contributed by atoms with E-state index in [0.717, 1.165) is 59.9 Å². The van der Waals surface area contributed by atoms with Crippen LogP contribution in [0.4, 0.5) is 0 Å². The molecule has 0 aliphatic heterocycles. The predicted octanol–water partition coefficient (Wildman–Crippen LogP) is 5.29. The van der Waals surface area contributed by atoms with Crippen molar-refractivity contribution in [2.45, 2.75) is 20.5 Å². The Morgan fingerprint density at radius 1 is 0.964 bits per heavy atom. The minimum Gasteiger partial charge on any atom is -0.497 e. The Labute approximate surface area is 167 Å². The number of ether oxygens (including phenoxy) is 3. The molecule has 0 bridgehead atoms. The van der Waals surface area contributed by atoms with Crippen molar-refractivity contribution in [1.82, 2.24) is 9.97 Å². The molecule has 4 aromatic rings. The van der Waals surface area contributed by atoms with Crippen molar-refractivity contribution in [3.05, 3.63) is 47.2 Å². The lowest BCUT2D eigenvalue weighted by Gasteiger charge is -2.13. The number of methoxy groups -OCH3 is 3. The minimum absolute atomic E-state index is 0.454. The van der Waals surface area contributed by atoms with Crippen LogP contribution < -0.4 is 9.47 Å². The number of rotatable bonds is 5. The molecule has 2 heterocycles. The summed E-state index contributed by atoms with van der Waals surface area (Å²) in [5.74, 6) is 1.65. The molecule has 0 N–H and O–H groups in total. The molecule has 0 aliphatic carbocycles. The molecule has 4 rings (SSSR count). The van der Waals surface area contributed by atoms with Crippen molar-refractivity contribution in [3.8, 4) is 22.1 Å². The van der Waals surface area contributed by atoms with E-state index in [2.05, 4.69) is 26.0 Å². The molecular formula is C22H22N2O3S. The first kappa shape index (κ1) is 18.7. The molecule has 6 heteroatoms. The van der Waals surface area contributed by atoms with Crippen LogP contribution in [0.1, 0.15) is 16.7 Å². The number of aryl methyl sites for hydroxylation is 2. The highest BCUT2D eigenvalue weighted by atomic mass is 32.1. The van der Waals surface area contributed by atoms with Gasteiger partial charge in [-0.05, 0) is 49.2 Å². The number of pyridine rings is 1. The summed E-state index contributed by atoms with van der Waals surface area (Å²) in [7, 11) is 5.04. The third-order valence-electron chi connectivity index (χ3n) is 4.77. The topological polar surface area (TPSA) is 53.5 Å². The van der Waals surface area contributed by atoms with Gasteiger partial charge in [0.25, 0.3) is 0 Å². The Morgan fingerprint density at radius 2 is 1.79 bits per heavy atom. The lowest BCUT2D eigenvalue weighted by Crippen LogP contribution is -1.98. The molecule has 0 atom stereocenters. The Bertz CT molecular complexity index is 1180. The summed E-state index contributed by atoms with van der Waals surface area (Å²) in [6, 6.07) is 8.28. The van der Waals surface area contributed by atoms with Crippen LogP contribution in [-0.4, -0.2) is 31.3 Å². The molecule has 2 aromatic carbocycles. The molecule has 0 aliphatic rings. The summed E-state index contributed by atoms with van der Waals surface area (Å²) in [5.41, 5.74) is 6.05. The normalized spacial score (nSPS) is 11.3. The fraction of sp³-hybridized carbons (Fsp3) is 0.273. The smallest absolute Gasteiger partial charge is 0.135 e. The van der Waals surface area contributed by atoms with E-state index in [0.29, 0.717) is 6.61 Å². The highest BCUT2D eigenvalue weighted by molar-refractivity contribution is 7.21. The van der Waals surface area contributed by atoms with Crippen molar-refractivity contribution in [3.63, 3.8) is 0 Å². The van der Waals surface area contributed by atoms with Gasteiger partial charge in [-0.3, -0.25) is 4.98 Å². The molecule has 28 heavy (non-hydrogen) atoms. The first-order chi connectivity index (χ1) is 13.5. The molecule has 0 saturated heterocycles. The molecule has 0 fully saturated rings. The van der Waals surface area contributed by atoms with Gasteiger partial charge in [-0.15, -0.1) is 11.3 Å². The van der Waals surface area contributed by atoms with Crippen LogP contribution in [0.25, 0.3) is 31.7 Å². The SMILES string of the molecule is COCc1cnc2c(-c3nc4c(C)cc(OC)cc4s3)cc(C)cc2c1OC. The maximum absolute atomic E-state index is 5.71. The Morgan fingerprint density at radius 3 is 2.50 bits per heavy atom. The zero-order valence-corrected chi connectivity index (χ0v) is 17.4. The van der Waals surface area contributed by atoms with Crippen molar-refractivity contribution in [2.75, 3.05) is 21.3 Å². The number of hydrogen-bond acceptors (Lipinski definition) is 6. The van der Waals surface area contributed by atoms with Crippen LogP contribution in [0.15, 0.2) is 30.5 Å². The van der Waals surface area contributed by atoms with Gasteiger partial charge in [0.05, 0.1) is 36.6 Å². The summed E-state index contributed by atoms with van der Waals surface area (Å²) in [6.45, 7) is 4.59. The summed E-state index contributed by atoms with van der Waals surface area (Å²) < 4.78 is 17.5. The van der Waals surface area contributed by atoms with Crippen molar-refractivity contribution < 1.29 is 14.2 Å². The lowest BCUT2D eigenvalue weighted by atomic mass is 10.0. The van der Waals surface area contributed by atoms with Gasteiger partial charge in [0.2, 0.25) is 0 Å². The molecule has 0 unspecified atom stereocenters. The van der Waals surface area contributed by atoms with E-state index in [1.165, 1.54) is 0 Å². The second-order valence-corrected chi connectivity index (χ2v) is 7.80. The van der Waals surface area contributed by atoms with Gasteiger partial charge in [0.1, 0.15) is 16.5 Å². The lowest BCUT2D eigenvalue weighted by molar-refractivity contribution is 0.181. The van der Waals surface area contributed by atoms with Crippen LogP contribution >= 0.6 is 11.3 Å². The highest BCUT2D eigenvalue weighted by Crippen LogP contribution is 2.40. The van der Waals surface area contributed by atoms with E-state index in [4.69, 9.17) is 24.2 Å². The van der Waals surface area contributed by atoms with Crippen molar-refractivity contribution >= 4 is 32.5 Å². The fourth-order valence-corrected chi connectivity index (χ4v) is 4.61. The van der Waals surface area contributed by atoms with Gasteiger partial charge in [-0.2, -0.15) is 0 Å². The number of nitrogens with zero attached hydrogens (tertiary/aromatic N) is 2. The minimum atomic E-state index is 0.454. The Hall–Kier alpha value is -2.70. The molecule has 144 valence electrons. The third-order valence-corrected chi connectivity index (χ3v) is 5.80. The van der Waals surface area contributed by atoms with E-state index in [1.54, 1.807) is 32.7 Å². The highest BCUT2D eigenvalue weighted by Gasteiger charge is 2.17. The summed E-state index contributed by atoms with van der Waals surface area (Å²) in [4.78, 5) is 9.65. The van der Waals surface area contributed by atoms with Crippen molar-refractivity contribution in [2.24, 2.45) is 0 Å². The molecule has 5 nitrogen and oxygen atoms in total. The molecule has 2 aromatic heterocycles. The van der Waals surface area contributed by atoms with Crippen LogP contribution in [-0.2, 0) is 11.3 Å². The third kappa shape index (κ3) is 3.08. The summed E-state index contributed by atoms with van der Waals surface area (Å²) in [6.07, 6.45) is 1.82. The first-order valence-electron chi connectivity index (χ1n) is 8.96. The molecule has 0 saturated carbocycles. The zero-order chi connectivity index (χ0) is 19.8. The molecule has 0 radical (unpaired) electrons. The van der Waals surface area contributed by atoms with Gasteiger partial charge >= 0.3 is 0 Å². The van der Waals surface area contributed by atoms with E-state index in [1.807, 2.05) is 18.3 Å². The van der Waals surface area contributed by atoms with Gasteiger partial charge in [0.15, 0.2) is 0 Å². The quantitative estimate of drug-likeness (QED) is 0.460.